The summed E-state index contributed by atoms with van der Waals surface area (Å²) in [5, 5.41) is 4.38. The van der Waals surface area contributed by atoms with Crippen LogP contribution in [0.1, 0.15) is 88.6 Å². The zero-order valence-corrected chi connectivity index (χ0v) is 15.9. The molecule has 132 valence electrons. The van der Waals surface area contributed by atoms with E-state index in [0.29, 0.717) is 16.9 Å². The number of hydrogen-bond donors (Lipinski definition) is 1. The molecule has 1 aromatic rings. The summed E-state index contributed by atoms with van der Waals surface area (Å²) < 4.78 is 0. The Kier molecular flexibility index (Phi) is 6.20. The standard InChI is InChI=1S/C21H32N2O/c1-6-21(4,5)18-11-13-19(14-12-18)22-23-20(24)17-9-7-16(8-10-17)15(2)3/h7-10,15,18H,6,11-14H2,1-5H3,(H,23,24). The Bertz CT molecular complexity index is 574. The van der Waals surface area contributed by atoms with Gasteiger partial charge in [-0.25, -0.2) is 5.43 Å². The number of amides is 1. The third kappa shape index (κ3) is 4.68. The molecule has 1 saturated carbocycles. The summed E-state index contributed by atoms with van der Waals surface area (Å²) in [5.41, 5.74) is 6.19. The number of hydrogen-bond acceptors (Lipinski definition) is 2. The van der Waals surface area contributed by atoms with E-state index < -0.39 is 0 Å². The smallest absolute Gasteiger partial charge is 0.267 e. The Morgan fingerprint density at radius 1 is 1.21 bits per heavy atom. The lowest BCUT2D eigenvalue weighted by molar-refractivity contribution is 0.0954. The van der Waals surface area contributed by atoms with Crippen LogP contribution in [0.15, 0.2) is 29.4 Å². The molecule has 2 rings (SSSR count). The first-order valence-corrected chi connectivity index (χ1v) is 9.29. The van der Waals surface area contributed by atoms with Crippen molar-refractivity contribution in [2.45, 2.75) is 72.6 Å². The summed E-state index contributed by atoms with van der Waals surface area (Å²) in [6.45, 7) is 11.3. The molecule has 1 fully saturated rings. The van der Waals surface area contributed by atoms with Gasteiger partial charge in [-0.15, -0.1) is 0 Å². The Morgan fingerprint density at radius 2 is 1.79 bits per heavy atom. The maximum absolute atomic E-state index is 12.2. The van der Waals surface area contributed by atoms with E-state index in [2.05, 4.69) is 45.1 Å². The van der Waals surface area contributed by atoms with Crippen molar-refractivity contribution in [1.29, 1.82) is 0 Å². The molecule has 1 aliphatic rings. The molecule has 0 unspecified atom stereocenters. The topological polar surface area (TPSA) is 41.5 Å². The van der Waals surface area contributed by atoms with E-state index in [4.69, 9.17) is 0 Å². The first kappa shape index (κ1) is 18.7. The van der Waals surface area contributed by atoms with Crippen LogP contribution in [-0.2, 0) is 0 Å². The molecule has 0 aromatic heterocycles. The molecule has 1 N–H and O–H groups in total. The third-order valence-corrected chi connectivity index (χ3v) is 5.73. The second-order valence-electron chi connectivity index (χ2n) is 8.01. The molecule has 0 bridgehead atoms. The van der Waals surface area contributed by atoms with E-state index in [9.17, 15) is 4.79 Å². The third-order valence-electron chi connectivity index (χ3n) is 5.73. The van der Waals surface area contributed by atoms with Gasteiger partial charge in [0.15, 0.2) is 0 Å². The van der Waals surface area contributed by atoms with Gasteiger partial charge in [0.25, 0.3) is 5.91 Å². The van der Waals surface area contributed by atoms with E-state index in [1.54, 1.807) is 0 Å². The lowest BCUT2D eigenvalue weighted by Gasteiger charge is -2.36. The van der Waals surface area contributed by atoms with E-state index >= 15 is 0 Å². The zero-order chi connectivity index (χ0) is 17.7. The maximum atomic E-state index is 12.2. The fourth-order valence-electron chi connectivity index (χ4n) is 3.35. The maximum Gasteiger partial charge on any atom is 0.271 e. The first-order valence-electron chi connectivity index (χ1n) is 9.29. The van der Waals surface area contributed by atoms with Crippen molar-refractivity contribution in [3.8, 4) is 0 Å². The number of benzene rings is 1. The van der Waals surface area contributed by atoms with E-state index in [1.807, 2.05) is 24.3 Å². The lowest BCUT2D eigenvalue weighted by Crippen LogP contribution is -2.29. The Morgan fingerprint density at radius 3 is 2.29 bits per heavy atom. The lowest BCUT2D eigenvalue weighted by atomic mass is 9.69. The molecule has 1 aromatic carbocycles. The molecular formula is C21H32N2O. The van der Waals surface area contributed by atoms with Crippen molar-refractivity contribution < 1.29 is 4.79 Å². The number of rotatable bonds is 5. The van der Waals surface area contributed by atoms with Crippen LogP contribution < -0.4 is 5.43 Å². The highest BCUT2D eigenvalue weighted by molar-refractivity contribution is 5.95. The monoisotopic (exact) mass is 328 g/mol. The van der Waals surface area contributed by atoms with Crippen LogP contribution in [-0.4, -0.2) is 11.6 Å². The molecule has 1 aliphatic carbocycles. The summed E-state index contributed by atoms with van der Waals surface area (Å²) in [4.78, 5) is 12.2. The summed E-state index contributed by atoms with van der Waals surface area (Å²) in [6.07, 6.45) is 5.58. The Labute approximate surface area is 146 Å². The molecule has 0 radical (unpaired) electrons. The normalized spacial score (nSPS) is 18.6. The number of nitrogens with one attached hydrogen (secondary N) is 1. The number of hydrazone groups is 1. The number of carbonyl (C=O) groups excluding carboxylic acids is 1. The highest BCUT2D eigenvalue weighted by Gasteiger charge is 2.30. The summed E-state index contributed by atoms with van der Waals surface area (Å²) in [7, 11) is 0. The van der Waals surface area contributed by atoms with Gasteiger partial charge in [0.1, 0.15) is 0 Å². The van der Waals surface area contributed by atoms with Crippen LogP contribution in [0.4, 0.5) is 0 Å². The van der Waals surface area contributed by atoms with Gasteiger partial charge in [0.05, 0.1) is 0 Å². The highest BCUT2D eigenvalue weighted by atomic mass is 16.2. The van der Waals surface area contributed by atoms with Crippen LogP contribution in [0, 0.1) is 11.3 Å². The van der Waals surface area contributed by atoms with Crippen LogP contribution in [0.25, 0.3) is 0 Å². The SMILES string of the molecule is CCC(C)(C)C1CCC(=NNC(=O)c2ccc(C(C)C)cc2)CC1. The van der Waals surface area contributed by atoms with Gasteiger partial charge in [0, 0.05) is 11.3 Å². The summed E-state index contributed by atoms with van der Waals surface area (Å²) in [6, 6.07) is 7.80. The number of nitrogens with zero attached hydrogens (tertiary/aromatic N) is 1. The van der Waals surface area contributed by atoms with Gasteiger partial charge in [0.2, 0.25) is 0 Å². The van der Waals surface area contributed by atoms with Crippen LogP contribution >= 0.6 is 0 Å². The minimum atomic E-state index is -0.117. The van der Waals surface area contributed by atoms with Crippen molar-refractivity contribution in [2.24, 2.45) is 16.4 Å². The molecule has 1 amide bonds. The van der Waals surface area contributed by atoms with Crippen LogP contribution in [0.3, 0.4) is 0 Å². The Balaban J connectivity index is 1.89. The van der Waals surface area contributed by atoms with Crippen molar-refractivity contribution in [3.05, 3.63) is 35.4 Å². The fraction of sp³-hybridized carbons (Fsp3) is 0.619. The van der Waals surface area contributed by atoms with Crippen molar-refractivity contribution >= 4 is 11.6 Å². The van der Waals surface area contributed by atoms with Gasteiger partial charge >= 0.3 is 0 Å². The predicted octanol–water partition coefficient (Wildman–Crippen LogP) is 5.52. The van der Waals surface area contributed by atoms with Crippen molar-refractivity contribution in [1.82, 2.24) is 5.43 Å². The van der Waals surface area contributed by atoms with Gasteiger partial charge < -0.3 is 0 Å². The minimum absolute atomic E-state index is 0.117. The van der Waals surface area contributed by atoms with Crippen LogP contribution in [0.2, 0.25) is 0 Å². The average Bonchev–Trinajstić information content (AvgIpc) is 2.60. The molecule has 0 saturated heterocycles. The quantitative estimate of drug-likeness (QED) is 0.710. The molecule has 0 spiro atoms. The fourth-order valence-corrected chi connectivity index (χ4v) is 3.35. The first-order chi connectivity index (χ1) is 11.3. The molecular weight excluding hydrogens is 296 g/mol. The average molecular weight is 329 g/mol. The second-order valence-corrected chi connectivity index (χ2v) is 8.01. The van der Waals surface area contributed by atoms with Gasteiger partial charge in [-0.2, -0.15) is 5.10 Å². The van der Waals surface area contributed by atoms with E-state index in [1.165, 1.54) is 24.8 Å². The minimum Gasteiger partial charge on any atom is -0.267 e. The molecule has 0 atom stereocenters. The molecule has 3 heteroatoms. The second kappa shape index (κ2) is 7.96. The Hall–Kier alpha value is -1.64. The molecule has 24 heavy (non-hydrogen) atoms. The molecule has 0 aliphatic heterocycles. The summed E-state index contributed by atoms with van der Waals surface area (Å²) >= 11 is 0. The van der Waals surface area contributed by atoms with E-state index in [0.717, 1.165) is 24.5 Å². The molecule has 0 heterocycles. The van der Waals surface area contributed by atoms with Gasteiger partial charge in [-0.3, -0.25) is 4.79 Å². The van der Waals surface area contributed by atoms with Gasteiger partial charge in [-0.05, 0) is 60.6 Å². The van der Waals surface area contributed by atoms with Crippen LogP contribution in [0.5, 0.6) is 0 Å². The largest absolute Gasteiger partial charge is 0.271 e. The number of carbonyl (C=O) groups is 1. The molecule has 3 nitrogen and oxygen atoms in total. The van der Waals surface area contributed by atoms with Crippen molar-refractivity contribution in [3.63, 3.8) is 0 Å². The van der Waals surface area contributed by atoms with Crippen molar-refractivity contribution in [2.75, 3.05) is 0 Å². The zero-order valence-electron chi connectivity index (χ0n) is 15.9. The predicted molar refractivity (Wildman–Crippen MR) is 101 cm³/mol. The van der Waals surface area contributed by atoms with Gasteiger partial charge in [-0.1, -0.05) is 53.2 Å². The van der Waals surface area contributed by atoms with E-state index in [-0.39, 0.29) is 5.91 Å². The highest BCUT2D eigenvalue weighted by Crippen LogP contribution is 2.39. The summed E-state index contributed by atoms with van der Waals surface area (Å²) in [5.74, 6) is 1.12.